The van der Waals surface area contributed by atoms with E-state index >= 15 is 0 Å². The van der Waals surface area contributed by atoms with Crippen molar-refractivity contribution in [3.05, 3.63) is 29.8 Å². The number of hydrogen-bond donors (Lipinski definition) is 2. The SMILES string of the molecule is COCC(C)(C)NCC(=O)Nc1c(F)cccc1F. The third kappa shape index (κ3) is 4.92. The second kappa shape index (κ2) is 6.58. The van der Waals surface area contributed by atoms with E-state index in [1.54, 1.807) is 7.11 Å². The van der Waals surface area contributed by atoms with Crippen molar-refractivity contribution in [1.29, 1.82) is 0 Å². The van der Waals surface area contributed by atoms with Crippen LogP contribution in [0, 0.1) is 11.6 Å². The Morgan fingerprint density at radius 1 is 1.32 bits per heavy atom. The minimum atomic E-state index is -0.801. The number of para-hydroxylation sites is 1. The van der Waals surface area contributed by atoms with Gasteiger partial charge in [0, 0.05) is 12.6 Å². The fourth-order valence-electron chi connectivity index (χ4n) is 1.53. The normalized spacial score (nSPS) is 11.4. The number of rotatable bonds is 6. The highest BCUT2D eigenvalue weighted by atomic mass is 19.1. The second-order valence-electron chi connectivity index (χ2n) is 4.82. The van der Waals surface area contributed by atoms with Crippen molar-refractivity contribution in [1.82, 2.24) is 5.32 Å². The zero-order valence-corrected chi connectivity index (χ0v) is 11.2. The third-order valence-corrected chi connectivity index (χ3v) is 2.46. The lowest BCUT2D eigenvalue weighted by molar-refractivity contribution is -0.115. The highest BCUT2D eigenvalue weighted by Crippen LogP contribution is 2.17. The molecule has 0 unspecified atom stereocenters. The molecule has 0 saturated carbocycles. The van der Waals surface area contributed by atoms with Gasteiger partial charge in [-0.3, -0.25) is 4.79 Å². The largest absolute Gasteiger partial charge is 0.383 e. The van der Waals surface area contributed by atoms with E-state index in [1.165, 1.54) is 6.07 Å². The molecule has 1 aromatic carbocycles. The first-order valence-electron chi connectivity index (χ1n) is 5.83. The lowest BCUT2D eigenvalue weighted by Crippen LogP contribution is -2.46. The molecule has 0 atom stereocenters. The fourth-order valence-corrected chi connectivity index (χ4v) is 1.53. The number of benzene rings is 1. The van der Waals surface area contributed by atoms with Gasteiger partial charge in [0.25, 0.3) is 0 Å². The summed E-state index contributed by atoms with van der Waals surface area (Å²) in [5.41, 5.74) is -0.835. The number of hydrogen-bond acceptors (Lipinski definition) is 3. The topological polar surface area (TPSA) is 50.4 Å². The Balaban J connectivity index is 2.57. The van der Waals surface area contributed by atoms with Crippen molar-refractivity contribution in [2.75, 3.05) is 25.6 Å². The second-order valence-corrected chi connectivity index (χ2v) is 4.82. The molecule has 19 heavy (non-hydrogen) atoms. The van der Waals surface area contributed by atoms with Gasteiger partial charge in [-0.25, -0.2) is 8.78 Å². The summed E-state index contributed by atoms with van der Waals surface area (Å²) in [5, 5.41) is 5.14. The lowest BCUT2D eigenvalue weighted by Gasteiger charge is -2.25. The lowest BCUT2D eigenvalue weighted by atomic mass is 10.1. The molecule has 1 rings (SSSR count). The van der Waals surface area contributed by atoms with Crippen molar-refractivity contribution in [3.8, 4) is 0 Å². The van der Waals surface area contributed by atoms with Crippen molar-refractivity contribution in [2.45, 2.75) is 19.4 Å². The summed E-state index contributed by atoms with van der Waals surface area (Å²) in [7, 11) is 1.55. The molecule has 0 aliphatic rings. The van der Waals surface area contributed by atoms with E-state index < -0.39 is 28.8 Å². The van der Waals surface area contributed by atoms with E-state index in [-0.39, 0.29) is 6.54 Å². The molecule has 0 aliphatic carbocycles. The van der Waals surface area contributed by atoms with Gasteiger partial charge < -0.3 is 15.4 Å². The van der Waals surface area contributed by atoms with Crippen LogP contribution >= 0.6 is 0 Å². The van der Waals surface area contributed by atoms with Gasteiger partial charge in [0.2, 0.25) is 5.91 Å². The predicted octanol–water partition coefficient (Wildman–Crippen LogP) is 1.92. The summed E-state index contributed by atoms with van der Waals surface area (Å²) in [4.78, 5) is 11.6. The van der Waals surface area contributed by atoms with E-state index in [0.717, 1.165) is 12.1 Å². The zero-order chi connectivity index (χ0) is 14.5. The zero-order valence-electron chi connectivity index (χ0n) is 11.2. The molecule has 2 N–H and O–H groups in total. The maximum Gasteiger partial charge on any atom is 0.238 e. The smallest absolute Gasteiger partial charge is 0.238 e. The Morgan fingerprint density at radius 2 is 1.89 bits per heavy atom. The minimum Gasteiger partial charge on any atom is -0.383 e. The number of ether oxygens (including phenoxy) is 1. The molecule has 0 aromatic heterocycles. The summed E-state index contributed by atoms with van der Waals surface area (Å²) < 4.78 is 31.6. The van der Waals surface area contributed by atoms with Crippen LogP contribution in [-0.2, 0) is 9.53 Å². The van der Waals surface area contributed by atoms with Crippen molar-refractivity contribution in [2.24, 2.45) is 0 Å². The highest BCUT2D eigenvalue weighted by molar-refractivity contribution is 5.92. The molecule has 106 valence electrons. The minimum absolute atomic E-state index is 0.0653. The maximum absolute atomic E-state index is 13.3. The van der Waals surface area contributed by atoms with Gasteiger partial charge >= 0.3 is 0 Å². The summed E-state index contributed by atoms with van der Waals surface area (Å²) in [6.07, 6.45) is 0. The monoisotopic (exact) mass is 272 g/mol. The summed E-state index contributed by atoms with van der Waals surface area (Å²) in [6, 6.07) is 3.40. The Labute approximate surface area is 111 Å². The van der Waals surface area contributed by atoms with Crippen molar-refractivity contribution >= 4 is 11.6 Å². The molecule has 0 fully saturated rings. The quantitative estimate of drug-likeness (QED) is 0.832. The average molecular weight is 272 g/mol. The van der Waals surface area contributed by atoms with Gasteiger partial charge in [0.1, 0.15) is 17.3 Å². The molecule has 4 nitrogen and oxygen atoms in total. The summed E-state index contributed by atoms with van der Waals surface area (Å²) in [5.74, 6) is -2.12. The van der Waals surface area contributed by atoms with Gasteiger partial charge in [-0.1, -0.05) is 6.07 Å². The Hall–Kier alpha value is -1.53. The summed E-state index contributed by atoms with van der Waals surface area (Å²) >= 11 is 0. The standard InChI is InChI=1S/C13H18F2N2O2/c1-13(2,8-19-3)16-7-11(18)17-12-9(14)5-4-6-10(12)15/h4-6,16H,7-8H2,1-3H3,(H,17,18). The van der Waals surface area contributed by atoms with Gasteiger partial charge in [-0.15, -0.1) is 0 Å². The van der Waals surface area contributed by atoms with E-state index in [0.29, 0.717) is 6.61 Å². The van der Waals surface area contributed by atoms with Crippen LogP contribution in [0.2, 0.25) is 0 Å². The number of carbonyl (C=O) groups excluding carboxylic acids is 1. The van der Waals surface area contributed by atoms with Crippen LogP contribution in [-0.4, -0.2) is 31.7 Å². The molecule has 0 aliphatic heterocycles. The number of amides is 1. The van der Waals surface area contributed by atoms with Gasteiger partial charge in [-0.2, -0.15) is 0 Å². The molecule has 0 bridgehead atoms. The molecular weight excluding hydrogens is 254 g/mol. The Morgan fingerprint density at radius 3 is 2.42 bits per heavy atom. The van der Waals surface area contributed by atoms with Crippen LogP contribution in [0.25, 0.3) is 0 Å². The van der Waals surface area contributed by atoms with Crippen LogP contribution in [0.3, 0.4) is 0 Å². The molecule has 6 heteroatoms. The van der Waals surface area contributed by atoms with E-state index in [1.807, 2.05) is 13.8 Å². The number of halogens is 2. The first-order valence-corrected chi connectivity index (χ1v) is 5.83. The number of carbonyl (C=O) groups is 1. The maximum atomic E-state index is 13.3. The molecule has 1 aromatic rings. The van der Waals surface area contributed by atoms with Gasteiger partial charge in [-0.05, 0) is 26.0 Å². The van der Waals surface area contributed by atoms with Crippen LogP contribution < -0.4 is 10.6 Å². The van der Waals surface area contributed by atoms with E-state index in [4.69, 9.17) is 4.74 Å². The Kier molecular flexibility index (Phi) is 5.38. The number of anilines is 1. The van der Waals surface area contributed by atoms with Crippen LogP contribution in [0.15, 0.2) is 18.2 Å². The fraction of sp³-hybridized carbons (Fsp3) is 0.462. The van der Waals surface area contributed by atoms with Crippen LogP contribution in [0.5, 0.6) is 0 Å². The van der Waals surface area contributed by atoms with Gasteiger partial charge in [0.15, 0.2) is 0 Å². The predicted molar refractivity (Wildman–Crippen MR) is 68.9 cm³/mol. The first-order chi connectivity index (χ1) is 8.85. The Bertz CT molecular complexity index is 430. The van der Waals surface area contributed by atoms with Crippen LogP contribution in [0.1, 0.15) is 13.8 Å². The van der Waals surface area contributed by atoms with E-state index in [2.05, 4.69) is 10.6 Å². The first kappa shape index (κ1) is 15.5. The molecule has 0 radical (unpaired) electrons. The van der Waals surface area contributed by atoms with Crippen LogP contribution in [0.4, 0.5) is 14.5 Å². The third-order valence-electron chi connectivity index (χ3n) is 2.46. The summed E-state index contributed by atoms with van der Waals surface area (Å²) in [6.45, 7) is 4.05. The molecular formula is C13H18F2N2O2. The average Bonchev–Trinajstić information content (AvgIpc) is 2.32. The molecule has 0 saturated heterocycles. The van der Waals surface area contributed by atoms with Crippen molar-refractivity contribution in [3.63, 3.8) is 0 Å². The highest BCUT2D eigenvalue weighted by Gasteiger charge is 2.19. The molecule has 0 spiro atoms. The van der Waals surface area contributed by atoms with E-state index in [9.17, 15) is 13.6 Å². The number of methoxy groups -OCH3 is 1. The van der Waals surface area contributed by atoms with Crippen molar-refractivity contribution < 1.29 is 18.3 Å². The number of nitrogens with one attached hydrogen (secondary N) is 2. The molecule has 0 heterocycles. The molecule has 1 amide bonds. The van der Waals surface area contributed by atoms with Gasteiger partial charge in [0.05, 0.1) is 13.2 Å².